The number of carbonyl (C=O) groups excluding carboxylic acids is 2. The number of rotatable bonds is 5. The molecule has 0 amide bonds. The maximum atomic E-state index is 10.4. The first-order valence-electron chi connectivity index (χ1n) is 3.52. The number of carboxylic acid groups (broad SMARTS) is 2. The SMILES string of the molecule is CN(C)C(CCC(=O)[O-])C(=O)[O-]. The van der Waals surface area contributed by atoms with Gasteiger partial charge in [0.1, 0.15) is 0 Å². The summed E-state index contributed by atoms with van der Waals surface area (Å²) in [6, 6.07) is -0.858. The van der Waals surface area contributed by atoms with Crippen LogP contribution in [0.4, 0.5) is 0 Å². The van der Waals surface area contributed by atoms with Gasteiger partial charge in [-0.15, -0.1) is 0 Å². The van der Waals surface area contributed by atoms with Crippen LogP contribution in [-0.2, 0) is 9.59 Å². The summed E-state index contributed by atoms with van der Waals surface area (Å²) in [5.74, 6) is -2.51. The van der Waals surface area contributed by atoms with Crippen LogP contribution in [-0.4, -0.2) is 37.0 Å². The topological polar surface area (TPSA) is 83.5 Å². The highest BCUT2D eigenvalue weighted by molar-refractivity contribution is 5.72. The quantitative estimate of drug-likeness (QED) is 0.448. The minimum Gasteiger partial charge on any atom is -0.550 e. The fourth-order valence-corrected chi connectivity index (χ4v) is 0.841. The van der Waals surface area contributed by atoms with Gasteiger partial charge in [-0.1, -0.05) is 0 Å². The molecule has 0 bridgehead atoms. The van der Waals surface area contributed by atoms with Crippen molar-refractivity contribution in [2.24, 2.45) is 0 Å². The van der Waals surface area contributed by atoms with E-state index in [-0.39, 0.29) is 12.8 Å². The lowest BCUT2D eigenvalue weighted by molar-refractivity contribution is -0.312. The molecule has 5 heteroatoms. The van der Waals surface area contributed by atoms with E-state index in [0.717, 1.165) is 0 Å². The van der Waals surface area contributed by atoms with Crippen molar-refractivity contribution in [2.45, 2.75) is 18.9 Å². The molecule has 0 aromatic rings. The molecule has 5 nitrogen and oxygen atoms in total. The average Bonchev–Trinajstić information content (AvgIpc) is 1.84. The van der Waals surface area contributed by atoms with Crippen molar-refractivity contribution in [1.29, 1.82) is 0 Å². The number of likely N-dealkylation sites (N-methyl/N-ethyl adjacent to an activating group) is 1. The smallest absolute Gasteiger partial charge is 0.0586 e. The molecule has 0 N–H and O–H groups in total. The molecule has 0 aliphatic carbocycles. The molecule has 0 aliphatic rings. The summed E-state index contributed by atoms with van der Waals surface area (Å²) in [5, 5.41) is 20.4. The molecule has 12 heavy (non-hydrogen) atoms. The van der Waals surface area contributed by atoms with E-state index in [4.69, 9.17) is 0 Å². The predicted molar refractivity (Wildman–Crippen MR) is 36.7 cm³/mol. The summed E-state index contributed by atoms with van der Waals surface area (Å²) < 4.78 is 0. The zero-order valence-corrected chi connectivity index (χ0v) is 7.07. The molecule has 70 valence electrons. The van der Waals surface area contributed by atoms with Crippen LogP contribution >= 0.6 is 0 Å². The van der Waals surface area contributed by atoms with Gasteiger partial charge in [0.2, 0.25) is 0 Å². The summed E-state index contributed by atoms with van der Waals surface area (Å²) in [6.07, 6.45) is -0.255. The molecular formula is C7H11NO4-2. The van der Waals surface area contributed by atoms with E-state index in [2.05, 4.69) is 0 Å². The molecular weight excluding hydrogens is 162 g/mol. The number of nitrogens with zero attached hydrogens (tertiary/aromatic N) is 1. The van der Waals surface area contributed by atoms with Gasteiger partial charge in [-0.05, 0) is 26.9 Å². The third kappa shape index (κ3) is 3.92. The first-order chi connectivity index (χ1) is 5.45. The number of carboxylic acids is 2. The van der Waals surface area contributed by atoms with E-state index in [1.165, 1.54) is 4.90 Å². The Hall–Kier alpha value is -1.10. The fraction of sp³-hybridized carbons (Fsp3) is 0.714. The van der Waals surface area contributed by atoms with Crippen molar-refractivity contribution < 1.29 is 19.8 Å². The maximum absolute atomic E-state index is 10.4. The van der Waals surface area contributed by atoms with Gasteiger partial charge in [0.15, 0.2) is 0 Å². The Labute approximate surface area is 70.6 Å². The fourth-order valence-electron chi connectivity index (χ4n) is 0.841. The first kappa shape index (κ1) is 10.9. The van der Waals surface area contributed by atoms with E-state index in [9.17, 15) is 19.8 Å². The van der Waals surface area contributed by atoms with Gasteiger partial charge in [-0.3, -0.25) is 0 Å². The Kier molecular flexibility index (Phi) is 4.28. The zero-order valence-electron chi connectivity index (χ0n) is 7.07. The monoisotopic (exact) mass is 173 g/mol. The summed E-state index contributed by atoms with van der Waals surface area (Å²) in [7, 11) is 3.10. The molecule has 0 saturated carbocycles. The van der Waals surface area contributed by atoms with E-state index in [1.807, 2.05) is 0 Å². The van der Waals surface area contributed by atoms with Gasteiger partial charge in [0, 0.05) is 12.0 Å². The van der Waals surface area contributed by atoms with Crippen LogP contribution in [0.15, 0.2) is 0 Å². The van der Waals surface area contributed by atoms with E-state index in [1.54, 1.807) is 14.1 Å². The second-order valence-corrected chi connectivity index (χ2v) is 2.71. The second-order valence-electron chi connectivity index (χ2n) is 2.71. The second kappa shape index (κ2) is 4.71. The van der Waals surface area contributed by atoms with Crippen molar-refractivity contribution in [1.82, 2.24) is 4.90 Å². The summed E-state index contributed by atoms with van der Waals surface area (Å²) in [6.45, 7) is 0. The maximum Gasteiger partial charge on any atom is 0.0586 e. The molecule has 0 radical (unpaired) electrons. The molecule has 0 aromatic carbocycles. The van der Waals surface area contributed by atoms with Crippen molar-refractivity contribution in [2.75, 3.05) is 14.1 Å². The zero-order chi connectivity index (χ0) is 9.72. The van der Waals surface area contributed by atoms with Gasteiger partial charge in [0.25, 0.3) is 0 Å². The molecule has 0 spiro atoms. The molecule has 0 aromatic heterocycles. The van der Waals surface area contributed by atoms with Crippen LogP contribution in [0, 0.1) is 0 Å². The summed E-state index contributed by atoms with van der Waals surface area (Å²) in [5.41, 5.74) is 0. The molecule has 0 fully saturated rings. The minimum absolute atomic E-state index is 0.0116. The third-order valence-corrected chi connectivity index (χ3v) is 1.52. The van der Waals surface area contributed by atoms with Gasteiger partial charge >= 0.3 is 0 Å². The highest BCUT2D eigenvalue weighted by atomic mass is 16.4. The number of aliphatic carboxylic acids is 2. The van der Waals surface area contributed by atoms with Crippen LogP contribution in [0.2, 0.25) is 0 Å². The summed E-state index contributed by atoms with van der Waals surface area (Å²) >= 11 is 0. The summed E-state index contributed by atoms with van der Waals surface area (Å²) in [4.78, 5) is 21.8. The van der Waals surface area contributed by atoms with Crippen molar-refractivity contribution >= 4 is 11.9 Å². The number of hydrogen-bond donors (Lipinski definition) is 0. The highest BCUT2D eigenvalue weighted by Crippen LogP contribution is 2.01. The molecule has 0 aliphatic heterocycles. The highest BCUT2D eigenvalue weighted by Gasteiger charge is 2.11. The Balaban J connectivity index is 3.97. The Morgan fingerprint density at radius 1 is 1.33 bits per heavy atom. The normalized spacial score (nSPS) is 12.9. The average molecular weight is 173 g/mol. The van der Waals surface area contributed by atoms with Crippen LogP contribution < -0.4 is 10.2 Å². The lowest BCUT2D eigenvalue weighted by atomic mass is 10.1. The molecule has 1 atom stereocenters. The van der Waals surface area contributed by atoms with Crippen LogP contribution in [0.5, 0.6) is 0 Å². The van der Waals surface area contributed by atoms with Gasteiger partial charge < -0.3 is 24.7 Å². The van der Waals surface area contributed by atoms with Crippen LogP contribution in [0.25, 0.3) is 0 Å². The number of carbonyl (C=O) groups is 2. The molecule has 1 unspecified atom stereocenters. The Bertz CT molecular complexity index is 178. The third-order valence-electron chi connectivity index (χ3n) is 1.52. The molecule has 0 heterocycles. The van der Waals surface area contributed by atoms with Crippen LogP contribution in [0.3, 0.4) is 0 Å². The van der Waals surface area contributed by atoms with Crippen molar-refractivity contribution in [3.05, 3.63) is 0 Å². The Morgan fingerprint density at radius 3 is 2.08 bits per heavy atom. The van der Waals surface area contributed by atoms with E-state index >= 15 is 0 Å². The minimum atomic E-state index is -1.26. The van der Waals surface area contributed by atoms with Gasteiger partial charge in [-0.2, -0.15) is 0 Å². The van der Waals surface area contributed by atoms with E-state index in [0.29, 0.717) is 0 Å². The lowest BCUT2D eigenvalue weighted by Gasteiger charge is -2.25. The van der Waals surface area contributed by atoms with Crippen LogP contribution in [0.1, 0.15) is 12.8 Å². The lowest BCUT2D eigenvalue weighted by Crippen LogP contribution is -2.45. The number of hydrogen-bond acceptors (Lipinski definition) is 5. The van der Waals surface area contributed by atoms with Gasteiger partial charge in [0.05, 0.1) is 5.97 Å². The van der Waals surface area contributed by atoms with Crippen molar-refractivity contribution in [3.63, 3.8) is 0 Å². The molecule has 0 rings (SSSR count). The van der Waals surface area contributed by atoms with E-state index < -0.39 is 18.0 Å². The Morgan fingerprint density at radius 2 is 1.83 bits per heavy atom. The molecule has 0 saturated heterocycles. The standard InChI is InChI=1S/C7H13NO4/c1-8(2)5(7(11)12)3-4-6(9)10/h5H,3-4H2,1-2H3,(H,9,10)(H,11,12)/p-2. The first-order valence-corrected chi connectivity index (χ1v) is 3.52. The largest absolute Gasteiger partial charge is 0.550 e. The van der Waals surface area contributed by atoms with Crippen molar-refractivity contribution in [3.8, 4) is 0 Å². The predicted octanol–water partition coefficient (Wildman–Crippen LogP) is -2.80. The van der Waals surface area contributed by atoms with Gasteiger partial charge in [-0.25, -0.2) is 0 Å².